The lowest BCUT2D eigenvalue weighted by molar-refractivity contribution is 0.312. The second-order valence-corrected chi connectivity index (χ2v) is 4.83. The molecule has 0 saturated carbocycles. The van der Waals surface area contributed by atoms with Gasteiger partial charge in [-0.1, -0.05) is 19.1 Å². The van der Waals surface area contributed by atoms with Gasteiger partial charge < -0.3 is 9.88 Å². The van der Waals surface area contributed by atoms with E-state index in [1.165, 1.54) is 30.9 Å². The zero-order valence-corrected chi connectivity index (χ0v) is 10.3. The molecule has 0 bridgehead atoms. The number of nitrogens with zero attached hydrogens (tertiary/aromatic N) is 2. The molecule has 2 heterocycles. The Kier molecular flexibility index (Phi) is 2.85. The van der Waals surface area contributed by atoms with Crippen molar-refractivity contribution < 1.29 is 0 Å². The van der Waals surface area contributed by atoms with E-state index in [1.54, 1.807) is 0 Å². The van der Waals surface area contributed by atoms with Gasteiger partial charge in [0.15, 0.2) is 0 Å². The molecule has 2 aromatic rings. The van der Waals surface area contributed by atoms with E-state index in [4.69, 9.17) is 4.98 Å². The van der Waals surface area contributed by atoms with Crippen molar-refractivity contribution >= 4 is 11.0 Å². The largest absolute Gasteiger partial charge is 0.328 e. The zero-order valence-electron chi connectivity index (χ0n) is 10.3. The molecule has 1 fully saturated rings. The number of hydrogen-bond donors (Lipinski definition) is 1. The predicted molar refractivity (Wildman–Crippen MR) is 70.1 cm³/mol. The molecule has 1 N–H and O–H groups in total. The number of benzene rings is 1. The van der Waals surface area contributed by atoms with Gasteiger partial charge in [0.1, 0.15) is 5.82 Å². The maximum absolute atomic E-state index is 4.70. The number of para-hydroxylation sites is 2. The van der Waals surface area contributed by atoms with Crippen LogP contribution in [0, 0.1) is 5.92 Å². The topological polar surface area (TPSA) is 29.9 Å². The van der Waals surface area contributed by atoms with Gasteiger partial charge in [-0.05, 0) is 37.6 Å². The van der Waals surface area contributed by atoms with E-state index in [-0.39, 0.29) is 0 Å². The molecule has 3 heteroatoms. The summed E-state index contributed by atoms with van der Waals surface area (Å²) in [5, 5.41) is 3.33. The highest BCUT2D eigenvalue weighted by Crippen LogP contribution is 2.19. The van der Waals surface area contributed by atoms with Crippen LogP contribution in [0.4, 0.5) is 0 Å². The summed E-state index contributed by atoms with van der Waals surface area (Å²) in [6, 6.07) is 8.45. The van der Waals surface area contributed by atoms with Gasteiger partial charge in [-0.25, -0.2) is 4.98 Å². The second-order valence-electron chi connectivity index (χ2n) is 4.83. The van der Waals surface area contributed by atoms with Gasteiger partial charge in [0.05, 0.1) is 11.0 Å². The van der Waals surface area contributed by atoms with Crippen molar-refractivity contribution in [3.8, 4) is 0 Å². The summed E-state index contributed by atoms with van der Waals surface area (Å²) in [5.74, 6) is 2.08. The number of aromatic nitrogens is 2. The van der Waals surface area contributed by atoms with Gasteiger partial charge >= 0.3 is 0 Å². The summed E-state index contributed by atoms with van der Waals surface area (Å²) in [7, 11) is 0. The van der Waals surface area contributed by atoms with Gasteiger partial charge in [-0.3, -0.25) is 0 Å². The number of fused-ring (bicyclic) bond motifs is 1. The Morgan fingerprint density at radius 3 is 2.88 bits per heavy atom. The van der Waals surface area contributed by atoms with Gasteiger partial charge in [-0.15, -0.1) is 0 Å². The minimum Gasteiger partial charge on any atom is -0.328 e. The van der Waals surface area contributed by atoms with Gasteiger partial charge in [0.2, 0.25) is 0 Å². The van der Waals surface area contributed by atoms with E-state index in [9.17, 15) is 0 Å². The fourth-order valence-corrected chi connectivity index (χ4v) is 2.51. The molecular weight excluding hydrogens is 210 g/mol. The lowest BCUT2D eigenvalue weighted by Gasteiger charge is -2.27. The molecule has 0 aliphatic carbocycles. The van der Waals surface area contributed by atoms with Crippen LogP contribution in [0.25, 0.3) is 11.0 Å². The first-order valence-electron chi connectivity index (χ1n) is 6.53. The Morgan fingerprint density at radius 2 is 2.18 bits per heavy atom. The Labute approximate surface area is 102 Å². The number of imidazole rings is 1. The van der Waals surface area contributed by atoms with Crippen LogP contribution in [0.1, 0.15) is 19.2 Å². The molecule has 0 spiro atoms. The zero-order chi connectivity index (χ0) is 11.7. The lowest BCUT2D eigenvalue weighted by Crippen LogP contribution is -2.42. The molecule has 0 radical (unpaired) electrons. The molecule has 1 aliphatic heterocycles. The van der Waals surface area contributed by atoms with Crippen molar-refractivity contribution in [3.05, 3.63) is 30.1 Å². The van der Waals surface area contributed by atoms with Gasteiger partial charge in [0, 0.05) is 13.0 Å². The van der Waals surface area contributed by atoms with Crippen LogP contribution in [-0.2, 0) is 13.0 Å². The Balaban J connectivity index is 1.88. The van der Waals surface area contributed by atoms with Crippen molar-refractivity contribution in [2.75, 3.05) is 13.1 Å². The average Bonchev–Trinajstić information content (AvgIpc) is 2.66. The molecule has 3 rings (SSSR count). The highest BCUT2D eigenvalue weighted by atomic mass is 15.1. The van der Waals surface area contributed by atoms with E-state index in [0.29, 0.717) is 0 Å². The molecule has 3 nitrogen and oxygen atoms in total. The van der Waals surface area contributed by atoms with Crippen LogP contribution in [0.3, 0.4) is 0 Å². The first-order chi connectivity index (χ1) is 8.38. The first kappa shape index (κ1) is 10.8. The van der Waals surface area contributed by atoms with Gasteiger partial charge in [-0.2, -0.15) is 0 Å². The summed E-state index contributed by atoms with van der Waals surface area (Å²) in [6.07, 6.45) is 2.28. The van der Waals surface area contributed by atoms with Gasteiger partial charge in [0.25, 0.3) is 0 Å². The van der Waals surface area contributed by atoms with Crippen molar-refractivity contribution in [2.24, 2.45) is 5.92 Å². The van der Waals surface area contributed by atoms with Crippen LogP contribution in [-0.4, -0.2) is 22.6 Å². The number of hydrogen-bond acceptors (Lipinski definition) is 2. The average molecular weight is 229 g/mol. The third kappa shape index (κ3) is 1.95. The summed E-state index contributed by atoms with van der Waals surface area (Å²) >= 11 is 0. The number of nitrogens with one attached hydrogen (secondary N) is 1. The minimum absolute atomic E-state index is 0.862. The van der Waals surface area contributed by atoms with E-state index < -0.39 is 0 Å². The van der Waals surface area contributed by atoms with Crippen LogP contribution in [0.15, 0.2) is 24.3 Å². The molecule has 0 amide bonds. The molecular formula is C14H19N3. The highest BCUT2D eigenvalue weighted by molar-refractivity contribution is 5.75. The third-order valence-electron chi connectivity index (χ3n) is 3.68. The van der Waals surface area contributed by atoms with Crippen molar-refractivity contribution in [2.45, 2.75) is 26.3 Å². The quantitative estimate of drug-likeness (QED) is 0.871. The van der Waals surface area contributed by atoms with E-state index in [2.05, 4.69) is 41.1 Å². The summed E-state index contributed by atoms with van der Waals surface area (Å²) in [4.78, 5) is 4.70. The SMILES string of the molecule is CCc1nc2ccccc2n1CCC1CNC1. The maximum Gasteiger partial charge on any atom is 0.109 e. The first-order valence-corrected chi connectivity index (χ1v) is 6.53. The Bertz CT molecular complexity index is 511. The van der Waals surface area contributed by atoms with E-state index >= 15 is 0 Å². The molecule has 1 aliphatic rings. The van der Waals surface area contributed by atoms with E-state index in [1.807, 2.05) is 0 Å². The molecule has 1 saturated heterocycles. The molecule has 17 heavy (non-hydrogen) atoms. The smallest absolute Gasteiger partial charge is 0.109 e. The summed E-state index contributed by atoms with van der Waals surface area (Å²) in [6.45, 7) is 5.67. The van der Waals surface area contributed by atoms with Crippen molar-refractivity contribution in [3.63, 3.8) is 0 Å². The number of aryl methyl sites for hydroxylation is 2. The van der Waals surface area contributed by atoms with Crippen LogP contribution >= 0.6 is 0 Å². The van der Waals surface area contributed by atoms with E-state index in [0.717, 1.165) is 24.4 Å². The lowest BCUT2D eigenvalue weighted by atomic mass is 9.99. The molecule has 90 valence electrons. The standard InChI is InChI=1S/C14H19N3/c1-2-14-16-12-5-3-4-6-13(12)17(14)8-7-11-9-15-10-11/h3-6,11,15H,2,7-10H2,1H3. The second kappa shape index (κ2) is 4.49. The molecule has 0 unspecified atom stereocenters. The molecule has 1 aromatic heterocycles. The summed E-state index contributed by atoms with van der Waals surface area (Å²) < 4.78 is 2.40. The van der Waals surface area contributed by atoms with Crippen LogP contribution < -0.4 is 5.32 Å². The van der Waals surface area contributed by atoms with Crippen molar-refractivity contribution in [1.29, 1.82) is 0 Å². The molecule has 1 aromatic carbocycles. The fourth-order valence-electron chi connectivity index (χ4n) is 2.51. The number of rotatable bonds is 4. The van der Waals surface area contributed by atoms with Crippen LogP contribution in [0.2, 0.25) is 0 Å². The fraction of sp³-hybridized carbons (Fsp3) is 0.500. The third-order valence-corrected chi connectivity index (χ3v) is 3.68. The maximum atomic E-state index is 4.70. The highest BCUT2D eigenvalue weighted by Gasteiger charge is 2.17. The Morgan fingerprint density at radius 1 is 1.35 bits per heavy atom. The summed E-state index contributed by atoms with van der Waals surface area (Å²) in [5.41, 5.74) is 2.42. The predicted octanol–water partition coefficient (Wildman–Crippen LogP) is 2.21. The molecule has 0 atom stereocenters. The monoisotopic (exact) mass is 229 g/mol. The van der Waals surface area contributed by atoms with Crippen LogP contribution in [0.5, 0.6) is 0 Å². The Hall–Kier alpha value is -1.35. The minimum atomic E-state index is 0.862. The normalized spacial score (nSPS) is 16.3. The van der Waals surface area contributed by atoms with Crippen molar-refractivity contribution in [1.82, 2.24) is 14.9 Å².